The summed E-state index contributed by atoms with van der Waals surface area (Å²) in [5.41, 5.74) is -1.31. The molecule has 0 heterocycles. The quantitative estimate of drug-likeness (QED) is 0.779. The van der Waals surface area contributed by atoms with E-state index in [0.29, 0.717) is 18.9 Å². The van der Waals surface area contributed by atoms with E-state index in [-0.39, 0.29) is 11.6 Å². The molecule has 120 valence electrons. The zero-order valence-electron chi connectivity index (χ0n) is 11.1. The number of hydrogen-bond donors (Lipinski definition) is 2. The molecular weight excluding hydrogens is 331 g/mol. The molecule has 4 nitrogen and oxygen atoms in total. The van der Waals surface area contributed by atoms with Crippen LogP contribution in [0.4, 0.5) is 13.2 Å². The predicted molar refractivity (Wildman–Crippen MR) is 72.6 cm³/mol. The highest BCUT2D eigenvalue weighted by Crippen LogP contribution is 2.35. The van der Waals surface area contributed by atoms with Crippen molar-refractivity contribution in [3.8, 4) is 0 Å². The fraction of sp³-hybridized carbons (Fsp3) is 0.500. The highest BCUT2D eigenvalue weighted by atomic mass is 35.5. The molecule has 0 aliphatic carbocycles. The van der Waals surface area contributed by atoms with Crippen LogP contribution in [-0.2, 0) is 16.2 Å². The average Bonchev–Trinajstić information content (AvgIpc) is 2.33. The molecular formula is C12H15ClF3NO3S. The van der Waals surface area contributed by atoms with Crippen molar-refractivity contribution < 1.29 is 26.7 Å². The summed E-state index contributed by atoms with van der Waals surface area (Å²) in [4.78, 5) is -0.864. The molecule has 0 saturated carbocycles. The number of benzene rings is 1. The van der Waals surface area contributed by atoms with Crippen LogP contribution in [0.5, 0.6) is 0 Å². The SMILES string of the molecule is CC(O)CCCNS(=O)(=O)c1ccc(Cl)cc1C(F)(F)F. The standard InChI is InChI=1S/C12H15ClF3NO3S/c1-8(18)3-2-6-17-21(19,20)11-5-4-9(13)7-10(11)12(14,15)16/h4-5,7-8,17-18H,2-3,6H2,1H3. The number of rotatable bonds is 6. The van der Waals surface area contributed by atoms with Gasteiger partial charge in [0.2, 0.25) is 10.0 Å². The maximum atomic E-state index is 12.9. The molecule has 0 fully saturated rings. The fourth-order valence-electron chi connectivity index (χ4n) is 1.64. The molecule has 1 atom stereocenters. The fourth-order valence-corrected chi connectivity index (χ4v) is 3.09. The molecule has 0 saturated heterocycles. The van der Waals surface area contributed by atoms with Crippen molar-refractivity contribution in [1.82, 2.24) is 4.72 Å². The van der Waals surface area contributed by atoms with Crippen molar-refractivity contribution in [2.45, 2.75) is 36.9 Å². The van der Waals surface area contributed by atoms with Crippen LogP contribution in [0.1, 0.15) is 25.3 Å². The average molecular weight is 346 g/mol. The van der Waals surface area contributed by atoms with Gasteiger partial charge in [-0.1, -0.05) is 11.6 Å². The van der Waals surface area contributed by atoms with Crippen molar-refractivity contribution >= 4 is 21.6 Å². The minimum atomic E-state index is -4.82. The summed E-state index contributed by atoms with van der Waals surface area (Å²) in [5.74, 6) is 0. The molecule has 0 bridgehead atoms. The van der Waals surface area contributed by atoms with Crippen molar-refractivity contribution in [2.75, 3.05) is 6.54 Å². The monoisotopic (exact) mass is 345 g/mol. The van der Waals surface area contributed by atoms with E-state index in [1.54, 1.807) is 0 Å². The lowest BCUT2D eigenvalue weighted by Crippen LogP contribution is -2.27. The predicted octanol–water partition coefficient (Wildman–Crippen LogP) is 2.80. The number of alkyl halides is 3. The minimum Gasteiger partial charge on any atom is -0.393 e. The molecule has 0 aliphatic rings. The van der Waals surface area contributed by atoms with Gasteiger partial charge in [-0.2, -0.15) is 13.2 Å². The number of nitrogens with one attached hydrogen (secondary N) is 1. The van der Waals surface area contributed by atoms with Crippen LogP contribution in [0.25, 0.3) is 0 Å². The first-order valence-electron chi connectivity index (χ1n) is 6.08. The normalized spacial score (nSPS) is 14.2. The van der Waals surface area contributed by atoms with Crippen molar-refractivity contribution in [1.29, 1.82) is 0 Å². The third kappa shape index (κ3) is 5.46. The lowest BCUT2D eigenvalue weighted by molar-refractivity contribution is -0.139. The Hall–Kier alpha value is -0.830. The molecule has 0 spiro atoms. The third-order valence-corrected chi connectivity index (χ3v) is 4.38. The van der Waals surface area contributed by atoms with Gasteiger partial charge in [0.15, 0.2) is 0 Å². The van der Waals surface area contributed by atoms with Crippen LogP contribution in [0.15, 0.2) is 23.1 Å². The summed E-state index contributed by atoms with van der Waals surface area (Å²) in [7, 11) is -4.30. The minimum absolute atomic E-state index is 0.0623. The van der Waals surface area contributed by atoms with E-state index in [0.717, 1.165) is 12.1 Å². The lowest BCUT2D eigenvalue weighted by atomic mass is 10.2. The maximum Gasteiger partial charge on any atom is 0.417 e. The molecule has 0 aromatic heterocycles. The van der Waals surface area contributed by atoms with Crippen LogP contribution in [0.3, 0.4) is 0 Å². The van der Waals surface area contributed by atoms with Gasteiger partial charge in [0.1, 0.15) is 0 Å². The van der Waals surface area contributed by atoms with Crippen molar-refractivity contribution in [2.24, 2.45) is 0 Å². The van der Waals surface area contributed by atoms with Crippen LogP contribution in [-0.4, -0.2) is 26.2 Å². The zero-order chi connectivity index (χ0) is 16.3. The summed E-state index contributed by atoms with van der Waals surface area (Å²) in [6, 6.07) is 2.48. The number of halogens is 4. The summed E-state index contributed by atoms with van der Waals surface area (Å²) < 4.78 is 64.6. The molecule has 0 amide bonds. The number of hydrogen-bond acceptors (Lipinski definition) is 3. The Bertz CT molecular complexity index is 588. The van der Waals surface area contributed by atoms with Gasteiger partial charge in [-0.3, -0.25) is 0 Å². The Balaban J connectivity index is 2.98. The van der Waals surface area contributed by atoms with Gasteiger partial charge >= 0.3 is 6.18 Å². The van der Waals surface area contributed by atoms with Gasteiger partial charge in [-0.15, -0.1) is 0 Å². The molecule has 21 heavy (non-hydrogen) atoms. The van der Waals surface area contributed by atoms with Crippen LogP contribution in [0, 0.1) is 0 Å². The first-order valence-corrected chi connectivity index (χ1v) is 7.94. The van der Waals surface area contributed by atoms with Gasteiger partial charge in [-0.05, 0) is 38.0 Å². The van der Waals surface area contributed by atoms with Gasteiger partial charge in [0.05, 0.1) is 16.6 Å². The van der Waals surface area contributed by atoms with Crippen LogP contribution >= 0.6 is 11.6 Å². The van der Waals surface area contributed by atoms with E-state index in [9.17, 15) is 21.6 Å². The maximum absolute atomic E-state index is 12.9. The molecule has 1 aromatic carbocycles. The molecule has 2 N–H and O–H groups in total. The van der Waals surface area contributed by atoms with Crippen molar-refractivity contribution in [3.63, 3.8) is 0 Å². The van der Waals surface area contributed by atoms with Gasteiger partial charge in [0, 0.05) is 11.6 Å². The van der Waals surface area contributed by atoms with E-state index in [1.807, 2.05) is 0 Å². The van der Waals surface area contributed by atoms with Gasteiger partial charge < -0.3 is 5.11 Å². The first kappa shape index (κ1) is 18.2. The lowest BCUT2D eigenvalue weighted by Gasteiger charge is -2.14. The Morgan fingerprint density at radius 1 is 1.38 bits per heavy atom. The van der Waals surface area contributed by atoms with E-state index >= 15 is 0 Å². The highest BCUT2D eigenvalue weighted by Gasteiger charge is 2.37. The molecule has 0 radical (unpaired) electrons. The summed E-state index contributed by atoms with van der Waals surface area (Å²) in [6.07, 6.45) is -4.77. The topological polar surface area (TPSA) is 66.4 Å². The second kappa shape index (κ2) is 6.95. The van der Waals surface area contributed by atoms with Gasteiger partial charge in [0.25, 0.3) is 0 Å². The molecule has 1 aromatic rings. The Morgan fingerprint density at radius 3 is 2.52 bits per heavy atom. The first-order chi connectivity index (χ1) is 9.54. The summed E-state index contributed by atoms with van der Waals surface area (Å²) >= 11 is 5.49. The van der Waals surface area contributed by atoms with Crippen LogP contribution < -0.4 is 4.72 Å². The zero-order valence-corrected chi connectivity index (χ0v) is 12.7. The number of aliphatic hydroxyl groups excluding tert-OH is 1. The third-order valence-electron chi connectivity index (χ3n) is 2.63. The van der Waals surface area contributed by atoms with E-state index < -0.39 is 32.8 Å². The second-order valence-electron chi connectivity index (χ2n) is 4.53. The Labute approximate surface area is 126 Å². The molecule has 1 rings (SSSR count). The van der Waals surface area contributed by atoms with Crippen LogP contribution in [0.2, 0.25) is 5.02 Å². The smallest absolute Gasteiger partial charge is 0.393 e. The number of aliphatic hydroxyl groups is 1. The summed E-state index contributed by atoms with van der Waals surface area (Å²) in [5, 5.41) is 8.84. The largest absolute Gasteiger partial charge is 0.417 e. The van der Waals surface area contributed by atoms with E-state index in [1.165, 1.54) is 6.92 Å². The molecule has 9 heteroatoms. The highest BCUT2D eigenvalue weighted by molar-refractivity contribution is 7.89. The van der Waals surface area contributed by atoms with Crippen molar-refractivity contribution in [3.05, 3.63) is 28.8 Å². The Morgan fingerprint density at radius 2 is 2.00 bits per heavy atom. The molecule has 1 unspecified atom stereocenters. The summed E-state index contributed by atoms with van der Waals surface area (Å²) in [6.45, 7) is 1.47. The van der Waals surface area contributed by atoms with Gasteiger partial charge in [-0.25, -0.2) is 13.1 Å². The second-order valence-corrected chi connectivity index (χ2v) is 6.70. The van der Waals surface area contributed by atoms with E-state index in [4.69, 9.17) is 16.7 Å². The number of sulfonamides is 1. The van der Waals surface area contributed by atoms with E-state index in [2.05, 4.69) is 4.72 Å². The Kier molecular flexibility index (Phi) is 6.03. The molecule has 0 aliphatic heterocycles.